The van der Waals surface area contributed by atoms with Crippen LogP contribution in [0.15, 0.2) is 48.5 Å². The lowest BCUT2D eigenvalue weighted by Gasteiger charge is -2.24. The van der Waals surface area contributed by atoms with Gasteiger partial charge in [0.15, 0.2) is 0 Å². The second-order valence-electron chi connectivity index (χ2n) is 5.55. The number of nitrogens with zero attached hydrogens (tertiary/aromatic N) is 1. The van der Waals surface area contributed by atoms with Crippen LogP contribution in [-0.2, 0) is 11.3 Å². The molecule has 0 aromatic heterocycles. The molecule has 23 heavy (non-hydrogen) atoms. The second-order valence-corrected chi connectivity index (χ2v) is 6.97. The van der Waals surface area contributed by atoms with Gasteiger partial charge in [-0.3, -0.25) is 9.59 Å². The van der Waals surface area contributed by atoms with Crippen LogP contribution in [0, 0.1) is 0 Å². The summed E-state index contributed by atoms with van der Waals surface area (Å²) in [6.45, 7) is 2.41. The molecule has 0 radical (unpaired) electrons. The van der Waals surface area contributed by atoms with Crippen LogP contribution in [0.4, 0.5) is 0 Å². The lowest BCUT2D eigenvalue weighted by atomic mass is 10.1. The molecular weight excluding hydrogens is 310 g/mol. The molecular formula is C18H17NO3S. The summed E-state index contributed by atoms with van der Waals surface area (Å²) in [6.07, 6.45) is 0.813. The summed E-state index contributed by atoms with van der Waals surface area (Å²) >= 11 is 1.61. The van der Waals surface area contributed by atoms with Crippen LogP contribution in [0.5, 0.6) is 5.75 Å². The van der Waals surface area contributed by atoms with Gasteiger partial charge in [0.2, 0.25) is 5.91 Å². The molecule has 2 aromatic carbocycles. The molecule has 0 aliphatic carbocycles. The highest BCUT2D eigenvalue weighted by Crippen LogP contribution is 2.43. The number of benzene rings is 2. The van der Waals surface area contributed by atoms with Gasteiger partial charge in [-0.15, -0.1) is 11.8 Å². The van der Waals surface area contributed by atoms with E-state index in [2.05, 4.69) is 0 Å². The van der Waals surface area contributed by atoms with Gasteiger partial charge in [-0.05, 0) is 30.2 Å². The third-order valence-electron chi connectivity index (χ3n) is 3.89. The number of carbonyl (C=O) groups is 2. The number of aromatic hydroxyl groups is 1. The Morgan fingerprint density at radius 3 is 2.39 bits per heavy atom. The number of hydrogen-bond acceptors (Lipinski definition) is 4. The molecule has 3 rings (SSSR count). The van der Waals surface area contributed by atoms with Gasteiger partial charge in [-0.1, -0.05) is 36.4 Å². The minimum absolute atomic E-state index is 0.0630. The number of phenolic OH excluding ortho intramolecular Hbond substituents is 1. The van der Waals surface area contributed by atoms with E-state index in [0.717, 1.165) is 17.4 Å². The average Bonchev–Trinajstić information content (AvgIpc) is 2.85. The lowest BCUT2D eigenvalue weighted by molar-refractivity contribution is -0.130. The number of thioether (sulfide) groups is 1. The average molecular weight is 327 g/mol. The van der Waals surface area contributed by atoms with Gasteiger partial charge in [0.1, 0.15) is 17.4 Å². The fourth-order valence-corrected chi connectivity index (χ4v) is 3.91. The fraction of sp³-hybridized carbons (Fsp3) is 0.222. The number of hydrogen-bond donors (Lipinski definition) is 1. The Bertz CT molecular complexity index is 712. The molecule has 2 aromatic rings. The summed E-state index contributed by atoms with van der Waals surface area (Å²) in [4.78, 5) is 25.1. The minimum atomic E-state index is -0.0946. The molecule has 4 nitrogen and oxygen atoms in total. The van der Waals surface area contributed by atoms with Crippen molar-refractivity contribution in [2.45, 2.75) is 24.1 Å². The molecule has 0 spiro atoms. The number of phenols is 1. The zero-order chi connectivity index (χ0) is 16.4. The molecule has 1 amide bonds. The monoisotopic (exact) mass is 327 g/mol. The van der Waals surface area contributed by atoms with E-state index in [1.807, 2.05) is 36.1 Å². The van der Waals surface area contributed by atoms with E-state index in [1.165, 1.54) is 0 Å². The van der Waals surface area contributed by atoms with Crippen molar-refractivity contribution in [1.82, 2.24) is 4.90 Å². The largest absolute Gasteiger partial charge is 0.508 e. The van der Waals surface area contributed by atoms with Gasteiger partial charge < -0.3 is 10.0 Å². The van der Waals surface area contributed by atoms with Gasteiger partial charge in [-0.25, -0.2) is 0 Å². The van der Waals surface area contributed by atoms with Gasteiger partial charge in [-0.2, -0.15) is 0 Å². The first-order chi connectivity index (χ1) is 11.1. The first-order valence-electron chi connectivity index (χ1n) is 7.37. The maximum Gasteiger partial charge on any atom is 0.236 e. The molecule has 1 heterocycles. The number of carbonyl (C=O) groups excluding carboxylic acids is 2. The van der Waals surface area contributed by atoms with Crippen LogP contribution >= 0.6 is 11.8 Å². The molecule has 1 N–H and O–H groups in total. The normalized spacial score (nSPS) is 20.7. The summed E-state index contributed by atoms with van der Waals surface area (Å²) in [5.41, 5.74) is 2.61. The van der Waals surface area contributed by atoms with Gasteiger partial charge in [0.05, 0.1) is 5.25 Å². The summed E-state index contributed by atoms with van der Waals surface area (Å²) < 4.78 is 0. The first kappa shape index (κ1) is 15.6. The molecule has 0 bridgehead atoms. The smallest absolute Gasteiger partial charge is 0.236 e. The second kappa shape index (κ2) is 6.46. The number of amides is 1. The number of aldehydes is 1. The Hall–Kier alpha value is -2.27. The van der Waals surface area contributed by atoms with Crippen molar-refractivity contribution in [2.24, 2.45) is 0 Å². The molecule has 118 valence electrons. The summed E-state index contributed by atoms with van der Waals surface area (Å²) in [7, 11) is 0. The van der Waals surface area contributed by atoms with Crippen molar-refractivity contribution in [3.63, 3.8) is 0 Å². The van der Waals surface area contributed by atoms with Gasteiger partial charge >= 0.3 is 0 Å². The maximum atomic E-state index is 12.5. The highest BCUT2D eigenvalue weighted by molar-refractivity contribution is 8.01. The van der Waals surface area contributed by atoms with Gasteiger partial charge in [0, 0.05) is 12.1 Å². The van der Waals surface area contributed by atoms with E-state index in [4.69, 9.17) is 0 Å². The third kappa shape index (κ3) is 3.24. The van der Waals surface area contributed by atoms with E-state index < -0.39 is 0 Å². The third-order valence-corrected chi connectivity index (χ3v) is 5.29. The standard InChI is InChI=1S/C18H17NO3S/c1-12-17(22)19(10-13-4-8-16(21)9-5-13)18(23-12)15-6-2-14(11-20)3-7-15/h2-9,11-12,18,21H,10H2,1H3. The zero-order valence-corrected chi connectivity index (χ0v) is 13.5. The van der Waals surface area contributed by atoms with E-state index in [-0.39, 0.29) is 22.3 Å². The highest BCUT2D eigenvalue weighted by atomic mass is 32.2. The van der Waals surface area contributed by atoms with E-state index in [1.54, 1.807) is 36.0 Å². The van der Waals surface area contributed by atoms with Crippen LogP contribution in [0.2, 0.25) is 0 Å². The minimum Gasteiger partial charge on any atom is -0.508 e. The lowest BCUT2D eigenvalue weighted by Crippen LogP contribution is -2.29. The first-order valence-corrected chi connectivity index (χ1v) is 8.32. The van der Waals surface area contributed by atoms with Crippen molar-refractivity contribution in [1.29, 1.82) is 0 Å². The highest BCUT2D eigenvalue weighted by Gasteiger charge is 2.38. The van der Waals surface area contributed by atoms with Crippen molar-refractivity contribution in [2.75, 3.05) is 0 Å². The Balaban J connectivity index is 1.86. The zero-order valence-electron chi connectivity index (χ0n) is 12.7. The van der Waals surface area contributed by atoms with Crippen LogP contribution in [0.1, 0.15) is 33.8 Å². The Morgan fingerprint density at radius 1 is 1.13 bits per heavy atom. The Morgan fingerprint density at radius 2 is 1.78 bits per heavy atom. The van der Waals surface area contributed by atoms with Crippen molar-refractivity contribution in [3.05, 3.63) is 65.2 Å². The molecule has 1 aliphatic heterocycles. The predicted molar refractivity (Wildman–Crippen MR) is 90.3 cm³/mol. The summed E-state index contributed by atoms with van der Waals surface area (Å²) in [5.74, 6) is 0.317. The van der Waals surface area contributed by atoms with E-state index in [0.29, 0.717) is 12.1 Å². The van der Waals surface area contributed by atoms with Crippen molar-refractivity contribution in [3.8, 4) is 5.75 Å². The number of rotatable bonds is 4. The molecule has 1 saturated heterocycles. The Kier molecular flexibility index (Phi) is 4.39. The fourth-order valence-electron chi connectivity index (χ4n) is 2.63. The Labute approximate surface area is 139 Å². The van der Waals surface area contributed by atoms with Crippen LogP contribution < -0.4 is 0 Å². The van der Waals surface area contributed by atoms with Gasteiger partial charge in [0.25, 0.3) is 0 Å². The topological polar surface area (TPSA) is 57.6 Å². The predicted octanol–water partition coefficient (Wildman–Crippen LogP) is 3.37. The molecule has 2 atom stereocenters. The van der Waals surface area contributed by atoms with E-state index >= 15 is 0 Å². The van der Waals surface area contributed by atoms with E-state index in [9.17, 15) is 14.7 Å². The molecule has 0 saturated carbocycles. The summed E-state index contributed by atoms with van der Waals surface area (Å²) in [6, 6.07) is 14.2. The molecule has 1 aliphatic rings. The van der Waals surface area contributed by atoms with Crippen molar-refractivity contribution < 1.29 is 14.7 Å². The maximum absolute atomic E-state index is 12.5. The van der Waals surface area contributed by atoms with Crippen LogP contribution in [0.3, 0.4) is 0 Å². The quantitative estimate of drug-likeness (QED) is 0.875. The SMILES string of the molecule is CC1SC(c2ccc(C=O)cc2)N(Cc2ccc(O)cc2)C1=O. The summed E-state index contributed by atoms with van der Waals surface area (Å²) in [5, 5.41) is 9.22. The molecule has 2 unspecified atom stereocenters. The van der Waals surface area contributed by atoms with Crippen molar-refractivity contribution >= 4 is 24.0 Å². The molecule has 5 heteroatoms. The molecule has 1 fully saturated rings. The van der Waals surface area contributed by atoms with Crippen LogP contribution in [0.25, 0.3) is 0 Å². The van der Waals surface area contributed by atoms with Crippen LogP contribution in [-0.4, -0.2) is 27.4 Å².